The molecule has 1 fully saturated rings. The van der Waals surface area contributed by atoms with Crippen molar-refractivity contribution in [1.29, 1.82) is 0 Å². The smallest absolute Gasteiger partial charge is 0.410 e. The third-order valence-corrected chi connectivity index (χ3v) is 8.13. The number of nitrogens with one attached hydrogen (secondary N) is 1. The van der Waals surface area contributed by atoms with Gasteiger partial charge in [-0.1, -0.05) is 35.3 Å². The third-order valence-electron chi connectivity index (χ3n) is 6.20. The summed E-state index contributed by atoms with van der Waals surface area (Å²) in [7, 11) is -4.07. The molecular weight excluding hydrogens is 589 g/mol. The van der Waals surface area contributed by atoms with Crippen LogP contribution in [0.3, 0.4) is 0 Å². The van der Waals surface area contributed by atoms with Crippen LogP contribution in [0.1, 0.15) is 38.1 Å². The monoisotopic (exact) mass is 619 g/mol. The van der Waals surface area contributed by atoms with Crippen LogP contribution in [-0.2, 0) is 14.8 Å². The van der Waals surface area contributed by atoms with Crippen LogP contribution in [0, 0.1) is 0 Å². The van der Waals surface area contributed by atoms with E-state index in [-0.39, 0.29) is 46.8 Å². The lowest BCUT2D eigenvalue weighted by atomic mass is 10.1. The molecule has 0 aliphatic carbocycles. The molecule has 41 heavy (non-hydrogen) atoms. The van der Waals surface area contributed by atoms with Crippen molar-refractivity contribution in [3.63, 3.8) is 0 Å². The number of ether oxygens (including phenoxy) is 2. The highest BCUT2D eigenvalue weighted by Gasteiger charge is 2.33. The number of benzene rings is 3. The molecule has 2 amide bonds. The Balaban J connectivity index is 1.49. The van der Waals surface area contributed by atoms with Gasteiger partial charge in [-0.05, 0) is 82.3 Å². The van der Waals surface area contributed by atoms with Gasteiger partial charge in [0.1, 0.15) is 17.1 Å². The normalized spacial score (nSPS) is 15.8. The number of sulfonamides is 1. The Morgan fingerprint density at radius 2 is 1.66 bits per heavy atom. The fraction of sp³-hybridized carbons (Fsp3) is 0.310. The molecule has 1 N–H and O–H groups in total. The minimum atomic E-state index is -4.07. The van der Waals surface area contributed by atoms with Crippen molar-refractivity contribution in [3.8, 4) is 11.5 Å². The summed E-state index contributed by atoms with van der Waals surface area (Å²) in [4.78, 5) is 29.3. The fourth-order valence-electron chi connectivity index (χ4n) is 4.23. The van der Waals surface area contributed by atoms with Crippen molar-refractivity contribution in [2.45, 2.75) is 44.2 Å². The molecule has 0 unspecified atom stereocenters. The van der Waals surface area contributed by atoms with E-state index in [0.29, 0.717) is 16.5 Å². The quantitative estimate of drug-likeness (QED) is 0.330. The van der Waals surface area contributed by atoms with Gasteiger partial charge in [-0.15, -0.1) is 0 Å². The number of rotatable bonds is 6. The van der Waals surface area contributed by atoms with E-state index in [9.17, 15) is 18.0 Å². The summed E-state index contributed by atoms with van der Waals surface area (Å²) < 4.78 is 40.2. The number of nitrogens with zero attached hydrogens (tertiary/aromatic N) is 2. The lowest BCUT2D eigenvalue weighted by molar-refractivity contribution is 0.00199. The number of anilines is 1. The Kier molecular flexibility index (Phi) is 9.06. The summed E-state index contributed by atoms with van der Waals surface area (Å²) in [5, 5.41) is 0.698. The van der Waals surface area contributed by atoms with Gasteiger partial charge in [-0.3, -0.25) is 9.52 Å². The minimum Gasteiger partial charge on any atom is -0.456 e. The molecule has 1 saturated heterocycles. The molecule has 1 aliphatic heterocycles. The highest BCUT2D eigenvalue weighted by molar-refractivity contribution is 7.92. The first-order chi connectivity index (χ1) is 19.2. The number of hydrogen-bond donors (Lipinski definition) is 1. The molecule has 3 aromatic carbocycles. The second-order valence-corrected chi connectivity index (χ2v) is 13.1. The summed E-state index contributed by atoms with van der Waals surface area (Å²) in [5.41, 5.74) is -0.463. The average molecular weight is 621 g/mol. The van der Waals surface area contributed by atoms with Gasteiger partial charge in [-0.25, -0.2) is 13.2 Å². The highest BCUT2D eigenvalue weighted by Crippen LogP contribution is 2.30. The maximum atomic E-state index is 13.6. The van der Waals surface area contributed by atoms with Gasteiger partial charge in [0.2, 0.25) is 0 Å². The maximum Gasteiger partial charge on any atom is 0.410 e. The van der Waals surface area contributed by atoms with E-state index in [0.717, 1.165) is 0 Å². The molecule has 9 nitrogen and oxygen atoms in total. The standard InChI is InChI=1S/C29H31Cl2N3O6S/c1-19-18-33(15-16-34(19)28(36)40-29(2,3)4)27(35)23-17-20(30)9-14-25(23)32-41(37,38)22-12-10-21(11-13-22)39-26-8-6-5-7-24(26)31/h5-14,17,19,32H,15-16,18H2,1-4H3/t19-/m0/s1. The molecule has 0 spiro atoms. The van der Waals surface area contributed by atoms with Crippen molar-refractivity contribution in [2.75, 3.05) is 24.4 Å². The maximum absolute atomic E-state index is 13.6. The Hall–Kier alpha value is -3.47. The predicted octanol–water partition coefficient (Wildman–Crippen LogP) is 6.67. The minimum absolute atomic E-state index is 0.0306. The summed E-state index contributed by atoms with van der Waals surface area (Å²) in [6.45, 7) is 7.95. The number of halogens is 2. The van der Waals surface area contributed by atoms with Crippen molar-refractivity contribution < 1.29 is 27.5 Å². The second-order valence-electron chi connectivity index (χ2n) is 10.6. The van der Waals surface area contributed by atoms with Crippen LogP contribution < -0.4 is 9.46 Å². The van der Waals surface area contributed by atoms with Crippen LogP contribution in [0.5, 0.6) is 11.5 Å². The number of piperazine rings is 1. The first-order valence-corrected chi connectivity index (χ1v) is 15.1. The van der Waals surface area contributed by atoms with Crippen LogP contribution in [0.4, 0.5) is 10.5 Å². The van der Waals surface area contributed by atoms with Crippen molar-refractivity contribution in [1.82, 2.24) is 9.80 Å². The number of hydrogen-bond acceptors (Lipinski definition) is 6. The zero-order chi connectivity index (χ0) is 29.9. The van der Waals surface area contributed by atoms with Crippen LogP contribution in [0.25, 0.3) is 0 Å². The summed E-state index contributed by atoms with van der Waals surface area (Å²) in [6, 6.07) is 16.8. The third kappa shape index (κ3) is 7.63. The molecule has 12 heteroatoms. The van der Waals surface area contributed by atoms with Crippen LogP contribution in [0.15, 0.2) is 71.6 Å². The summed E-state index contributed by atoms with van der Waals surface area (Å²) >= 11 is 12.3. The highest BCUT2D eigenvalue weighted by atomic mass is 35.5. The van der Waals surface area contributed by atoms with Gasteiger partial charge in [0.25, 0.3) is 15.9 Å². The Labute approximate surface area is 250 Å². The average Bonchev–Trinajstić information content (AvgIpc) is 2.89. The lowest BCUT2D eigenvalue weighted by Gasteiger charge is -2.40. The molecule has 218 valence electrons. The van der Waals surface area contributed by atoms with Gasteiger partial charge in [0, 0.05) is 30.7 Å². The van der Waals surface area contributed by atoms with Gasteiger partial charge in [-0.2, -0.15) is 0 Å². The van der Waals surface area contributed by atoms with E-state index in [1.54, 1.807) is 54.8 Å². The van der Waals surface area contributed by atoms with E-state index in [2.05, 4.69) is 4.72 Å². The zero-order valence-electron chi connectivity index (χ0n) is 23.1. The van der Waals surface area contributed by atoms with E-state index >= 15 is 0 Å². The first kappa shape index (κ1) is 30.5. The molecule has 0 aromatic heterocycles. The molecule has 0 bridgehead atoms. The molecule has 1 heterocycles. The van der Waals surface area contributed by atoms with Crippen molar-refractivity contribution in [2.24, 2.45) is 0 Å². The van der Waals surface area contributed by atoms with Gasteiger partial charge in [0.05, 0.1) is 21.2 Å². The largest absolute Gasteiger partial charge is 0.456 e. The fourth-order valence-corrected chi connectivity index (χ4v) is 5.66. The molecule has 0 radical (unpaired) electrons. The Bertz CT molecular complexity index is 1540. The molecule has 3 aromatic rings. The Morgan fingerprint density at radius 1 is 0.976 bits per heavy atom. The lowest BCUT2D eigenvalue weighted by Crippen LogP contribution is -2.56. The molecular formula is C29H31Cl2N3O6S. The molecule has 4 rings (SSSR count). The first-order valence-electron chi connectivity index (χ1n) is 12.9. The van der Waals surface area contributed by atoms with Crippen molar-refractivity contribution in [3.05, 3.63) is 82.3 Å². The molecule has 1 aliphatic rings. The molecule has 0 saturated carbocycles. The number of carbonyl (C=O) groups is 2. The van der Waals surface area contributed by atoms with E-state index in [1.165, 1.54) is 42.5 Å². The van der Waals surface area contributed by atoms with Gasteiger partial charge < -0.3 is 19.3 Å². The zero-order valence-corrected chi connectivity index (χ0v) is 25.4. The van der Waals surface area contributed by atoms with Crippen LogP contribution in [-0.4, -0.2) is 61.5 Å². The van der Waals surface area contributed by atoms with Crippen molar-refractivity contribution >= 4 is 50.9 Å². The van der Waals surface area contributed by atoms with Crippen LogP contribution in [0.2, 0.25) is 10.0 Å². The van der Waals surface area contributed by atoms with Gasteiger partial charge >= 0.3 is 6.09 Å². The Morgan fingerprint density at radius 3 is 2.29 bits per heavy atom. The van der Waals surface area contributed by atoms with E-state index in [4.69, 9.17) is 32.7 Å². The topological polar surface area (TPSA) is 105 Å². The second kappa shape index (κ2) is 12.2. The van der Waals surface area contributed by atoms with E-state index < -0.39 is 27.6 Å². The van der Waals surface area contributed by atoms with Gasteiger partial charge in [0.15, 0.2) is 0 Å². The van der Waals surface area contributed by atoms with E-state index in [1.807, 2.05) is 6.92 Å². The number of para-hydroxylation sites is 1. The molecule has 1 atom stereocenters. The summed E-state index contributed by atoms with van der Waals surface area (Å²) in [5.74, 6) is 0.428. The number of carbonyl (C=O) groups excluding carboxylic acids is 2. The summed E-state index contributed by atoms with van der Waals surface area (Å²) in [6.07, 6.45) is -0.448. The number of amides is 2. The van der Waals surface area contributed by atoms with Crippen LogP contribution >= 0.6 is 23.2 Å². The predicted molar refractivity (Wildman–Crippen MR) is 159 cm³/mol. The SMILES string of the molecule is C[C@H]1CN(C(=O)c2cc(Cl)ccc2NS(=O)(=O)c2ccc(Oc3ccccc3Cl)cc2)CCN1C(=O)OC(C)(C)C.